The maximum atomic E-state index is 13.3. The van der Waals surface area contributed by atoms with Gasteiger partial charge in [0.1, 0.15) is 0 Å². The van der Waals surface area contributed by atoms with E-state index in [1.54, 1.807) is 0 Å². The molecule has 0 unspecified atom stereocenters. The zero-order valence-electron chi connectivity index (χ0n) is 13.8. The minimum Gasteiger partial charge on any atom is -0.618 e. The highest BCUT2D eigenvalue weighted by Crippen LogP contribution is 2.41. The van der Waals surface area contributed by atoms with E-state index in [0.29, 0.717) is 0 Å². The van der Waals surface area contributed by atoms with Gasteiger partial charge < -0.3 is 15.4 Å². The number of aromatic nitrogens is 1. The van der Waals surface area contributed by atoms with Gasteiger partial charge in [0.15, 0.2) is 11.9 Å². The Labute approximate surface area is 155 Å². The van der Waals surface area contributed by atoms with Crippen LogP contribution < -0.4 is 4.73 Å². The van der Waals surface area contributed by atoms with Crippen LogP contribution in [0.15, 0.2) is 54.7 Å². The molecule has 0 spiro atoms. The molecule has 2 aromatic carbocycles. The summed E-state index contributed by atoms with van der Waals surface area (Å²) >= 11 is 0. The van der Waals surface area contributed by atoms with Gasteiger partial charge in [0.05, 0.1) is 10.5 Å². The van der Waals surface area contributed by atoms with E-state index in [2.05, 4.69) is 0 Å². The highest BCUT2D eigenvalue weighted by Gasteiger charge is 2.42. The van der Waals surface area contributed by atoms with Gasteiger partial charge in [0, 0.05) is 12.1 Å². The van der Waals surface area contributed by atoms with Crippen LogP contribution in [0, 0.1) is 15.3 Å². The second kappa shape index (κ2) is 6.72. The van der Waals surface area contributed by atoms with Crippen molar-refractivity contribution >= 4 is 5.69 Å². The van der Waals surface area contributed by atoms with Crippen molar-refractivity contribution in [3.05, 3.63) is 75.7 Å². The van der Waals surface area contributed by atoms with Crippen LogP contribution in [0.1, 0.15) is 5.69 Å². The van der Waals surface area contributed by atoms with Crippen LogP contribution in [0.5, 0.6) is 11.5 Å². The van der Waals surface area contributed by atoms with Crippen LogP contribution in [-0.4, -0.2) is 15.1 Å². The summed E-state index contributed by atoms with van der Waals surface area (Å²) in [5, 5.41) is 42.0. The van der Waals surface area contributed by atoms with Gasteiger partial charge in [-0.25, -0.2) is 0 Å². The molecule has 0 radical (unpaired) electrons. The predicted octanol–water partition coefficient (Wildman–Crippen LogP) is 3.99. The van der Waals surface area contributed by atoms with Gasteiger partial charge in [0.25, 0.3) is 0 Å². The zero-order valence-corrected chi connectivity index (χ0v) is 13.8. The number of nitro groups is 1. The summed E-state index contributed by atoms with van der Waals surface area (Å²) in [5.74, 6) is -1.66. The maximum absolute atomic E-state index is 13.3. The molecule has 0 saturated carbocycles. The number of phenolic OH excluding ortho intramolecular Hbond substituents is 2. The number of pyridine rings is 1. The van der Waals surface area contributed by atoms with Crippen LogP contribution in [0.2, 0.25) is 0 Å². The molecule has 2 N–H and O–H groups in total. The lowest BCUT2D eigenvalue weighted by Crippen LogP contribution is -2.37. The highest BCUT2D eigenvalue weighted by atomic mass is 19.4. The number of halogens is 3. The number of phenols is 2. The largest absolute Gasteiger partial charge is 0.618 e. The summed E-state index contributed by atoms with van der Waals surface area (Å²) < 4.78 is 39.6. The van der Waals surface area contributed by atoms with Crippen molar-refractivity contribution in [1.29, 1.82) is 0 Å². The number of alkyl halides is 3. The summed E-state index contributed by atoms with van der Waals surface area (Å²) in [5.41, 5.74) is -2.14. The van der Waals surface area contributed by atoms with Crippen molar-refractivity contribution in [3.8, 4) is 33.8 Å². The van der Waals surface area contributed by atoms with Crippen LogP contribution in [0.3, 0.4) is 0 Å². The van der Waals surface area contributed by atoms with Gasteiger partial charge >= 0.3 is 17.6 Å². The molecule has 7 nitrogen and oxygen atoms in total. The average molecular weight is 392 g/mol. The molecule has 0 fully saturated rings. The normalized spacial score (nSPS) is 11.4. The molecule has 3 aromatic rings. The smallest absolute Gasteiger partial charge is 0.479 e. The standard InChI is InChI=1S/C18H11F3N2O5/c19-18(20,21)17-13(5-2-6-22(17)26)11-4-1-3-10(7-11)12-8-14(23(27)28)16(25)15(24)9-12/h1-9,24-25H. The molecule has 144 valence electrons. The minimum atomic E-state index is -4.90. The first-order valence-corrected chi connectivity index (χ1v) is 7.70. The summed E-state index contributed by atoms with van der Waals surface area (Å²) in [6.07, 6.45) is -4.17. The monoisotopic (exact) mass is 392 g/mol. The van der Waals surface area contributed by atoms with Crippen LogP contribution in [0.25, 0.3) is 22.3 Å². The summed E-state index contributed by atoms with van der Waals surface area (Å²) in [4.78, 5) is 10.1. The number of aromatic hydroxyl groups is 2. The van der Waals surface area contributed by atoms with Crippen LogP contribution in [-0.2, 0) is 6.18 Å². The Hall–Kier alpha value is -3.82. The van der Waals surface area contributed by atoms with Crippen LogP contribution >= 0.6 is 0 Å². The lowest BCUT2D eigenvalue weighted by atomic mass is 9.97. The number of nitro benzene ring substituents is 1. The van der Waals surface area contributed by atoms with E-state index in [-0.39, 0.29) is 27.0 Å². The molecule has 1 heterocycles. The number of benzene rings is 2. The lowest BCUT2D eigenvalue weighted by molar-refractivity contribution is -0.628. The summed E-state index contributed by atoms with van der Waals surface area (Å²) in [7, 11) is 0. The third-order valence-corrected chi connectivity index (χ3v) is 4.00. The lowest BCUT2D eigenvalue weighted by Gasteiger charge is -2.13. The van der Waals surface area contributed by atoms with E-state index in [9.17, 15) is 38.7 Å². The maximum Gasteiger partial charge on any atom is 0.479 e. The molecule has 0 bridgehead atoms. The summed E-state index contributed by atoms with van der Waals surface area (Å²) in [6, 6.07) is 9.84. The number of hydrogen-bond acceptors (Lipinski definition) is 5. The quantitative estimate of drug-likeness (QED) is 0.230. The van der Waals surface area contributed by atoms with Crippen LogP contribution in [0.4, 0.5) is 18.9 Å². The predicted molar refractivity (Wildman–Crippen MR) is 91.3 cm³/mol. The average Bonchev–Trinajstić information content (AvgIpc) is 2.62. The topological polar surface area (TPSA) is 111 Å². The highest BCUT2D eigenvalue weighted by molar-refractivity contribution is 5.77. The first-order chi connectivity index (χ1) is 13.1. The van der Waals surface area contributed by atoms with Crippen molar-refractivity contribution in [2.24, 2.45) is 0 Å². The fourth-order valence-corrected chi connectivity index (χ4v) is 2.78. The van der Waals surface area contributed by atoms with Crippen molar-refractivity contribution in [1.82, 2.24) is 0 Å². The van der Waals surface area contributed by atoms with Crippen molar-refractivity contribution in [3.63, 3.8) is 0 Å². The van der Waals surface area contributed by atoms with Crippen molar-refractivity contribution < 1.29 is 33.0 Å². The third kappa shape index (κ3) is 3.39. The Bertz CT molecular complexity index is 1080. The fourth-order valence-electron chi connectivity index (χ4n) is 2.78. The molecule has 0 amide bonds. The zero-order chi connectivity index (χ0) is 20.6. The SMILES string of the molecule is O=[N+]([O-])c1cc(-c2cccc(-c3ccc[n+]([O-])c3C(F)(F)F)c2)cc(O)c1O. The van der Waals surface area contributed by atoms with E-state index >= 15 is 0 Å². The summed E-state index contributed by atoms with van der Waals surface area (Å²) in [6.45, 7) is 0. The van der Waals surface area contributed by atoms with E-state index in [1.165, 1.54) is 30.3 Å². The molecule has 0 saturated heterocycles. The molecular weight excluding hydrogens is 381 g/mol. The van der Waals surface area contributed by atoms with Gasteiger partial charge in [-0.2, -0.15) is 17.9 Å². The molecule has 0 aliphatic rings. The molecule has 28 heavy (non-hydrogen) atoms. The first kappa shape index (κ1) is 19.0. The second-order valence-electron chi connectivity index (χ2n) is 5.80. The fraction of sp³-hybridized carbons (Fsp3) is 0.0556. The van der Waals surface area contributed by atoms with Gasteiger partial charge in [-0.3, -0.25) is 10.1 Å². The Morgan fingerprint density at radius 2 is 1.64 bits per heavy atom. The second-order valence-corrected chi connectivity index (χ2v) is 5.80. The van der Waals surface area contributed by atoms with Crippen molar-refractivity contribution in [2.45, 2.75) is 6.18 Å². The molecule has 1 aromatic heterocycles. The Morgan fingerprint density at radius 1 is 0.964 bits per heavy atom. The Balaban J connectivity index is 2.19. The molecule has 0 atom stereocenters. The van der Waals surface area contributed by atoms with E-state index in [1.807, 2.05) is 0 Å². The van der Waals surface area contributed by atoms with E-state index < -0.39 is 34.0 Å². The molecule has 3 rings (SSSR count). The molecule has 0 aliphatic carbocycles. The Morgan fingerprint density at radius 3 is 2.29 bits per heavy atom. The van der Waals surface area contributed by atoms with Gasteiger partial charge in [-0.1, -0.05) is 18.2 Å². The van der Waals surface area contributed by atoms with Crippen molar-refractivity contribution in [2.75, 3.05) is 0 Å². The van der Waals surface area contributed by atoms with Gasteiger partial charge in [0.2, 0.25) is 5.75 Å². The third-order valence-electron chi connectivity index (χ3n) is 4.00. The van der Waals surface area contributed by atoms with E-state index in [0.717, 1.165) is 24.4 Å². The molecular formula is C18H11F3N2O5. The van der Waals surface area contributed by atoms with Gasteiger partial charge in [-0.15, -0.1) is 0 Å². The number of rotatable bonds is 3. The minimum absolute atomic E-state index is 0.0465. The first-order valence-electron chi connectivity index (χ1n) is 7.70. The van der Waals surface area contributed by atoms with E-state index in [4.69, 9.17) is 0 Å². The molecule has 0 aliphatic heterocycles. The number of hydrogen-bond donors (Lipinski definition) is 2. The van der Waals surface area contributed by atoms with Gasteiger partial charge in [-0.05, 0) is 34.9 Å². The molecule has 10 heteroatoms. The number of nitrogens with zero attached hydrogens (tertiary/aromatic N) is 2. The Kier molecular flexibility index (Phi) is 4.55.